The number of ether oxygens (including phenoxy) is 1. The third kappa shape index (κ3) is 3.22. The number of urea groups is 1. The van der Waals surface area contributed by atoms with E-state index in [9.17, 15) is 22.8 Å². The Labute approximate surface area is 147 Å². The first kappa shape index (κ1) is 17.8. The van der Waals surface area contributed by atoms with Crippen LogP contribution >= 0.6 is 0 Å². The van der Waals surface area contributed by atoms with E-state index in [2.05, 4.69) is 5.32 Å². The Morgan fingerprint density at radius 3 is 2.38 bits per heavy atom. The van der Waals surface area contributed by atoms with Gasteiger partial charge in [-0.15, -0.1) is 0 Å². The molecule has 0 spiro atoms. The Balaban J connectivity index is 1.69. The smallest absolute Gasteiger partial charge is 0.325 e. The van der Waals surface area contributed by atoms with E-state index in [1.54, 1.807) is 0 Å². The predicted molar refractivity (Wildman–Crippen MR) is 85.8 cm³/mol. The predicted octanol–water partition coefficient (Wildman–Crippen LogP) is 2.95. The zero-order valence-corrected chi connectivity index (χ0v) is 13.8. The van der Waals surface area contributed by atoms with Gasteiger partial charge in [-0.25, -0.2) is 18.0 Å². The normalized spacial score (nSPS) is 19.6. The van der Waals surface area contributed by atoms with Crippen LogP contribution in [0.4, 0.5) is 18.0 Å². The van der Waals surface area contributed by atoms with Crippen molar-refractivity contribution >= 4 is 11.9 Å². The Morgan fingerprint density at radius 2 is 1.73 bits per heavy atom. The van der Waals surface area contributed by atoms with Crippen LogP contribution in [0.2, 0.25) is 0 Å². The van der Waals surface area contributed by atoms with Crippen LogP contribution in [0.5, 0.6) is 5.75 Å². The van der Waals surface area contributed by atoms with Crippen LogP contribution in [-0.4, -0.2) is 30.0 Å². The summed E-state index contributed by atoms with van der Waals surface area (Å²) in [6, 6.07) is 7.66. The Morgan fingerprint density at radius 1 is 1.04 bits per heavy atom. The molecule has 2 aromatic rings. The van der Waals surface area contributed by atoms with Gasteiger partial charge in [-0.05, 0) is 48.9 Å². The molecule has 1 atom stereocenters. The lowest BCUT2D eigenvalue weighted by Crippen LogP contribution is -2.41. The van der Waals surface area contributed by atoms with Gasteiger partial charge in [-0.2, -0.15) is 0 Å². The fourth-order valence-corrected chi connectivity index (χ4v) is 2.69. The maximum atomic E-state index is 13.5. The number of hydrogen-bond acceptors (Lipinski definition) is 3. The lowest BCUT2D eigenvalue weighted by atomic mass is 9.92. The van der Waals surface area contributed by atoms with Gasteiger partial charge in [0.15, 0.2) is 11.6 Å². The summed E-state index contributed by atoms with van der Waals surface area (Å²) in [5, 5.41) is 2.49. The molecule has 1 saturated heterocycles. The molecule has 5 nitrogen and oxygen atoms in total. The van der Waals surface area contributed by atoms with E-state index in [0.29, 0.717) is 5.75 Å². The lowest BCUT2D eigenvalue weighted by molar-refractivity contribution is -0.131. The van der Waals surface area contributed by atoms with E-state index in [-0.39, 0.29) is 18.7 Å². The Hall–Kier alpha value is -3.03. The average molecular weight is 364 g/mol. The van der Waals surface area contributed by atoms with Crippen LogP contribution in [0.15, 0.2) is 42.5 Å². The standard InChI is InChI=1S/C18H15F3N2O3/c1-18(11-2-7-14(20)15(21)10-11)16(24)23(17(25)22-18)8-9-26-13-5-3-12(19)4-6-13/h2-7,10H,8-9H2,1H3,(H,22,25). The zero-order valence-electron chi connectivity index (χ0n) is 13.8. The lowest BCUT2D eigenvalue weighted by Gasteiger charge is -2.22. The summed E-state index contributed by atoms with van der Waals surface area (Å²) in [5.41, 5.74) is -1.36. The Bertz CT molecular complexity index is 857. The van der Waals surface area contributed by atoms with Crippen molar-refractivity contribution in [2.24, 2.45) is 0 Å². The highest BCUT2D eigenvalue weighted by atomic mass is 19.2. The number of nitrogens with one attached hydrogen (secondary N) is 1. The topological polar surface area (TPSA) is 58.6 Å². The van der Waals surface area contributed by atoms with Crippen LogP contribution < -0.4 is 10.1 Å². The van der Waals surface area contributed by atoms with Gasteiger partial charge >= 0.3 is 6.03 Å². The van der Waals surface area contributed by atoms with E-state index in [0.717, 1.165) is 17.0 Å². The monoisotopic (exact) mass is 364 g/mol. The van der Waals surface area contributed by atoms with Crippen molar-refractivity contribution in [1.29, 1.82) is 0 Å². The van der Waals surface area contributed by atoms with Gasteiger partial charge < -0.3 is 10.1 Å². The minimum absolute atomic E-state index is 0.00134. The number of amides is 3. The fraction of sp³-hybridized carbons (Fsp3) is 0.222. The number of nitrogens with zero attached hydrogens (tertiary/aromatic N) is 1. The number of carbonyl (C=O) groups excluding carboxylic acids is 2. The van der Waals surface area contributed by atoms with Crippen LogP contribution in [0.25, 0.3) is 0 Å². The van der Waals surface area contributed by atoms with E-state index in [4.69, 9.17) is 4.74 Å². The third-order valence-electron chi connectivity index (χ3n) is 4.17. The second kappa shape index (κ2) is 6.70. The molecule has 136 valence electrons. The maximum absolute atomic E-state index is 13.5. The summed E-state index contributed by atoms with van der Waals surface area (Å²) in [7, 11) is 0. The van der Waals surface area contributed by atoms with Crippen molar-refractivity contribution in [1.82, 2.24) is 10.2 Å². The van der Waals surface area contributed by atoms with Crippen molar-refractivity contribution in [3.63, 3.8) is 0 Å². The van der Waals surface area contributed by atoms with Crippen molar-refractivity contribution in [2.75, 3.05) is 13.2 Å². The molecule has 0 radical (unpaired) electrons. The first-order valence-corrected chi connectivity index (χ1v) is 7.79. The van der Waals surface area contributed by atoms with Crippen LogP contribution in [-0.2, 0) is 10.3 Å². The molecule has 1 heterocycles. The summed E-state index contributed by atoms with van der Waals surface area (Å²) in [6.07, 6.45) is 0. The second-order valence-electron chi connectivity index (χ2n) is 5.94. The number of rotatable bonds is 5. The minimum atomic E-state index is -1.50. The molecular weight excluding hydrogens is 349 g/mol. The van der Waals surface area contributed by atoms with E-state index in [1.165, 1.54) is 37.3 Å². The largest absolute Gasteiger partial charge is 0.492 e. The molecule has 1 aliphatic heterocycles. The van der Waals surface area contributed by atoms with Gasteiger partial charge in [-0.3, -0.25) is 9.69 Å². The van der Waals surface area contributed by atoms with E-state index in [1.807, 2.05) is 0 Å². The molecule has 8 heteroatoms. The van der Waals surface area contributed by atoms with Gasteiger partial charge in [0, 0.05) is 0 Å². The number of carbonyl (C=O) groups is 2. The van der Waals surface area contributed by atoms with E-state index >= 15 is 0 Å². The van der Waals surface area contributed by atoms with Crippen molar-refractivity contribution in [2.45, 2.75) is 12.5 Å². The van der Waals surface area contributed by atoms with Crippen molar-refractivity contribution in [3.05, 3.63) is 65.5 Å². The molecule has 1 aliphatic rings. The zero-order chi connectivity index (χ0) is 18.9. The highest BCUT2D eigenvalue weighted by molar-refractivity contribution is 6.07. The first-order chi connectivity index (χ1) is 12.3. The first-order valence-electron chi connectivity index (χ1n) is 7.79. The van der Waals surface area contributed by atoms with Crippen LogP contribution in [0.3, 0.4) is 0 Å². The summed E-state index contributed by atoms with van der Waals surface area (Å²) >= 11 is 0. The molecule has 1 fully saturated rings. The molecule has 3 rings (SSSR count). The SMILES string of the molecule is CC1(c2ccc(F)c(F)c2)NC(=O)N(CCOc2ccc(F)cc2)C1=O. The van der Waals surface area contributed by atoms with Gasteiger partial charge in [-0.1, -0.05) is 6.07 Å². The number of halogens is 3. The molecule has 3 amide bonds. The molecule has 1 N–H and O–H groups in total. The highest BCUT2D eigenvalue weighted by Crippen LogP contribution is 2.29. The summed E-state index contributed by atoms with van der Waals surface area (Å²) in [4.78, 5) is 25.7. The fourth-order valence-electron chi connectivity index (χ4n) is 2.69. The molecule has 0 saturated carbocycles. The molecule has 0 aliphatic carbocycles. The van der Waals surface area contributed by atoms with Gasteiger partial charge in [0.2, 0.25) is 0 Å². The van der Waals surface area contributed by atoms with Crippen LogP contribution in [0, 0.1) is 17.5 Å². The van der Waals surface area contributed by atoms with Crippen LogP contribution in [0.1, 0.15) is 12.5 Å². The third-order valence-corrected chi connectivity index (χ3v) is 4.17. The number of benzene rings is 2. The molecule has 26 heavy (non-hydrogen) atoms. The molecule has 0 aromatic heterocycles. The maximum Gasteiger partial charge on any atom is 0.325 e. The highest BCUT2D eigenvalue weighted by Gasteiger charge is 2.49. The Kier molecular flexibility index (Phi) is 4.58. The number of imide groups is 1. The molecule has 1 unspecified atom stereocenters. The summed E-state index contributed by atoms with van der Waals surface area (Å²) < 4.78 is 44.8. The second-order valence-corrected chi connectivity index (χ2v) is 5.94. The van der Waals surface area contributed by atoms with E-state index < -0.39 is 34.9 Å². The van der Waals surface area contributed by atoms with Crippen molar-refractivity contribution < 1.29 is 27.5 Å². The van der Waals surface area contributed by atoms with Gasteiger partial charge in [0.25, 0.3) is 5.91 Å². The molecule has 2 aromatic carbocycles. The quantitative estimate of drug-likeness (QED) is 0.830. The number of hydrogen-bond donors (Lipinski definition) is 1. The van der Waals surface area contributed by atoms with Gasteiger partial charge in [0.05, 0.1) is 6.54 Å². The minimum Gasteiger partial charge on any atom is -0.492 e. The summed E-state index contributed by atoms with van der Waals surface area (Å²) in [6.45, 7) is 1.36. The summed E-state index contributed by atoms with van der Waals surface area (Å²) in [5.74, 6) is -2.77. The average Bonchev–Trinajstić information content (AvgIpc) is 2.83. The van der Waals surface area contributed by atoms with Gasteiger partial charge in [0.1, 0.15) is 23.7 Å². The van der Waals surface area contributed by atoms with Crippen molar-refractivity contribution in [3.8, 4) is 5.75 Å². The molecular formula is C18H15F3N2O3. The molecule has 0 bridgehead atoms.